The Labute approximate surface area is 99.5 Å². The Morgan fingerprint density at radius 2 is 2.00 bits per heavy atom. The Bertz CT molecular complexity index is 204. The van der Waals surface area contributed by atoms with Crippen molar-refractivity contribution in [3.63, 3.8) is 0 Å². The van der Waals surface area contributed by atoms with E-state index in [4.69, 9.17) is 4.74 Å². The zero-order valence-electron chi connectivity index (χ0n) is 10.7. The molecule has 0 aromatic carbocycles. The molecule has 0 bridgehead atoms. The first-order valence-electron chi connectivity index (χ1n) is 6.72. The predicted octanol–water partition coefficient (Wildman–Crippen LogP) is 1.49. The Hall–Kier alpha value is -0.120. The zero-order valence-corrected chi connectivity index (χ0v) is 10.7. The minimum Gasteiger partial charge on any atom is -0.380 e. The third-order valence-electron chi connectivity index (χ3n) is 4.09. The second-order valence-corrected chi connectivity index (χ2v) is 5.57. The van der Waals surface area contributed by atoms with Crippen LogP contribution in [0.1, 0.15) is 32.1 Å². The van der Waals surface area contributed by atoms with Gasteiger partial charge in [-0.1, -0.05) is 12.8 Å². The molecule has 3 nitrogen and oxygen atoms in total. The molecule has 94 valence electrons. The topological polar surface area (TPSA) is 24.5 Å². The fraction of sp³-hybridized carbons (Fsp3) is 1.00. The van der Waals surface area contributed by atoms with Crippen LogP contribution in [-0.4, -0.2) is 50.8 Å². The molecular formula is C13H26N2O. The Balaban J connectivity index is 1.64. The molecule has 0 amide bonds. The number of likely N-dealkylation sites (N-methyl/N-ethyl adjacent to an activating group) is 1. The lowest BCUT2D eigenvalue weighted by Gasteiger charge is -2.24. The summed E-state index contributed by atoms with van der Waals surface area (Å²) < 4.78 is 5.38. The summed E-state index contributed by atoms with van der Waals surface area (Å²) in [5.74, 6) is 0.963. The first kappa shape index (κ1) is 12.3. The van der Waals surface area contributed by atoms with Crippen LogP contribution in [0.15, 0.2) is 0 Å². The molecule has 2 fully saturated rings. The van der Waals surface area contributed by atoms with Crippen LogP contribution in [0.4, 0.5) is 0 Å². The predicted molar refractivity (Wildman–Crippen MR) is 66.7 cm³/mol. The van der Waals surface area contributed by atoms with Gasteiger partial charge in [-0.15, -0.1) is 0 Å². The lowest BCUT2D eigenvalue weighted by atomic mass is 10.1. The van der Waals surface area contributed by atoms with E-state index in [-0.39, 0.29) is 0 Å². The molecule has 1 aliphatic heterocycles. The molecule has 0 spiro atoms. The molecule has 2 atom stereocenters. The van der Waals surface area contributed by atoms with Crippen LogP contribution < -0.4 is 5.32 Å². The molecule has 0 aromatic rings. The number of hydrogen-bond donors (Lipinski definition) is 1. The van der Waals surface area contributed by atoms with E-state index in [0.29, 0.717) is 12.1 Å². The molecule has 0 aromatic heterocycles. The minimum atomic E-state index is 0.435. The molecular weight excluding hydrogens is 200 g/mol. The van der Waals surface area contributed by atoms with Crippen molar-refractivity contribution in [3.8, 4) is 0 Å². The highest BCUT2D eigenvalue weighted by molar-refractivity contribution is 4.84. The van der Waals surface area contributed by atoms with Gasteiger partial charge in [0.2, 0.25) is 0 Å². The minimum absolute atomic E-state index is 0.435. The summed E-state index contributed by atoms with van der Waals surface area (Å²) in [6.45, 7) is 3.49. The van der Waals surface area contributed by atoms with E-state index in [2.05, 4.69) is 17.3 Å². The van der Waals surface area contributed by atoms with Crippen LogP contribution >= 0.6 is 0 Å². The van der Waals surface area contributed by atoms with Gasteiger partial charge >= 0.3 is 0 Å². The van der Waals surface area contributed by atoms with Crippen LogP contribution in [0.5, 0.6) is 0 Å². The molecule has 16 heavy (non-hydrogen) atoms. The van der Waals surface area contributed by atoms with Crippen molar-refractivity contribution < 1.29 is 4.74 Å². The fourth-order valence-electron chi connectivity index (χ4n) is 3.19. The van der Waals surface area contributed by atoms with E-state index in [0.717, 1.165) is 12.5 Å². The number of ether oxygens (including phenoxy) is 1. The van der Waals surface area contributed by atoms with E-state index in [1.54, 1.807) is 0 Å². The second kappa shape index (κ2) is 5.99. The van der Waals surface area contributed by atoms with Crippen molar-refractivity contribution in [1.82, 2.24) is 10.2 Å². The third-order valence-corrected chi connectivity index (χ3v) is 4.09. The standard InChI is InChI=1S/C13H26N2O/c1-15(9-11-5-3-4-6-11)10-12-7-13(16-2)8-14-12/h11-14H,3-10H2,1-2H3. The Kier molecular flexibility index (Phi) is 4.62. The number of nitrogens with zero attached hydrogens (tertiary/aromatic N) is 1. The zero-order chi connectivity index (χ0) is 11.4. The van der Waals surface area contributed by atoms with Gasteiger partial charge in [0.05, 0.1) is 6.10 Å². The molecule has 2 aliphatic rings. The maximum absolute atomic E-state index is 5.38. The molecule has 2 unspecified atom stereocenters. The maximum Gasteiger partial charge on any atom is 0.0711 e. The van der Waals surface area contributed by atoms with Crippen LogP contribution in [0.25, 0.3) is 0 Å². The number of nitrogens with one attached hydrogen (secondary N) is 1. The molecule has 3 heteroatoms. The summed E-state index contributed by atoms with van der Waals surface area (Å²) in [5.41, 5.74) is 0. The summed E-state index contributed by atoms with van der Waals surface area (Å²) in [6, 6.07) is 0.636. The van der Waals surface area contributed by atoms with Crippen molar-refractivity contribution in [2.24, 2.45) is 5.92 Å². The summed E-state index contributed by atoms with van der Waals surface area (Å²) in [5, 5.41) is 3.55. The molecule has 1 N–H and O–H groups in total. The van der Waals surface area contributed by atoms with Crippen molar-refractivity contribution in [2.75, 3.05) is 33.8 Å². The quantitative estimate of drug-likeness (QED) is 0.768. The van der Waals surface area contributed by atoms with E-state index in [9.17, 15) is 0 Å². The monoisotopic (exact) mass is 226 g/mol. The highest BCUT2D eigenvalue weighted by Gasteiger charge is 2.25. The Morgan fingerprint density at radius 3 is 2.62 bits per heavy atom. The first-order chi connectivity index (χ1) is 7.78. The third kappa shape index (κ3) is 3.44. The van der Waals surface area contributed by atoms with Crippen LogP contribution in [0, 0.1) is 5.92 Å². The van der Waals surface area contributed by atoms with Crippen molar-refractivity contribution in [1.29, 1.82) is 0 Å². The van der Waals surface area contributed by atoms with Gasteiger partial charge < -0.3 is 15.0 Å². The van der Waals surface area contributed by atoms with Gasteiger partial charge in [0.25, 0.3) is 0 Å². The SMILES string of the molecule is COC1CNC(CN(C)CC2CCCC2)C1. The molecule has 1 heterocycles. The van der Waals surface area contributed by atoms with E-state index in [1.807, 2.05) is 7.11 Å². The van der Waals surface area contributed by atoms with Crippen molar-refractivity contribution >= 4 is 0 Å². The van der Waals surface area contributed by atoms with Crippen LogP contribution in [0.2, 0.25) is 0 Å². The highest BCUT2D eigenvalue weighted by Crippen LogP contribution is 2.25. The van der Waals surface area contributed by atoms with Gasteiger partial charge in [-0.3, -0.25) is 0 Å². The summed E-state index contributed by atoms with van der Waals surface area (Å²) >= 11 is 0. The maximum atomic E-state index is 5.38. The number of hydrogen-bond acceptors (Lipinski definition) is 3. The van der Waals surface area contributed by atoms with Crippen LogP contribution in [-0.2, 0) is 4.74 Å². The largest absolute Gasteiger partial charge is 0.380 e. The summed E-state index contributed by atoms with van der Waals surface area (Å²) in [4.78, 5) is 2.51. The second-order valence-electron chi connectivity index (χ2n) is 5.57. The molecule has 1 aliphatic carbocycles. The average Bonchev–Trinajstić information content (AvgIpc) is 2.89. The van der Waals surface area contributed by atoms with E-state index < -0.39 is 0 Å². The first-order valence-corrected chi connectivity index (χ1v) is 6.72. The van der Waals surface area contributed by atoms with E-state index in [1.165, 1.54) is 45.2 Å². The number of rotatable bonds is 5. The normalized spacial score (nSPS) is 31.7. The molecule has 2 rings (SSSR count). The van der Waals surface area contributed by atoms with Crippen molar-refractivity contribution in [2.45, 2.75) is 44.2 Å². The summed E-state index contributed by atoms with van der Waals surface area (Å²) in [6.07, 6.45) is 7.40. The average molecular weight is 226 g/mol. The molecule has 1 saturated carbocycles. The lowest BCUT2D eigenvalue weighted by Crippen LogP contribution is -2.37. The summed E-state index contributed by atoms with van der Waals surface area (Å²) in [7, 11) is 4.08. The van der Waals surface area contributed by atoms with Crippen molar-refractivity contribution in [3.05, 3.63) is 0 Å². The van der Waals surface area contributed by atoms with Gasteiger partial charge in [0.1, 0.15) is 0 Å². The van der Waals surface area contributed by atoms with Gasteiger partial charge in [-0.2, -0.15) is 0 Å². The smallest absolute Gasteiger partial charge is 0.0711 e. The van der Waals surface area contributed by atoms with Gasteiger partial charge in [-0.25, -0.2) is 0 Å². The molecule has 0 radical (unpaired) electrons. The van der Waals surface area contributed by atoms with Crippen LogP contribution in [0.3, 0.4) is 0 Å². The Morgan fingerprint density at radius 1 is 1.25 bits per heavy atom. The number of methoxy groups -OCH3 is 1. The lowest BCUT2D eigenvalue weighted by molar-refractivity contribution is 0.115. The highest BCUT2D eigenvalue weighted by atomic mass is 16.5. The van der Waals surface area contributed by atoms with Gasteiger partial charge in [0.15, 0.2) is 0 Å². The van der Waals surface area contributed by atoms with Gasteiger partial charge in [-0.05, 0) is 32.2 Å². The van der Waals surface area contributed by atoms with E-state index >= 15 is 0 Å². The molecule has 1 saturated heterocycles. The fourth-order valence-corrected chi connectivity index (χ4v) is 3.19. The van der Waals surface area contributed by atoms with Gasteiger partial charge in [0, 0.05) is 32.8 Å².